The highest BCUT2D eigenvalue weighted by Gasteiger charge is 2.29. The van der Waals surface area contributed by atoms with E-state index >= 15 is 0 Å². The van der Waals surface area contributed by atoms with Crippen molar-refractivity contribution in [3.63, 3.8) is 0 Å². The molecule has 3 N–H and O–H groups in total. The van der Waals surface area contributed by atoms with E-state index in [1.165, 1.54) is 5.32 Å². The molecule has 0 saturated heterocycles. The minimum atomic E-state index is -4.60. The minimum Gasteiger partial charge on any atom is -0.493 e. The van der Waals surface area contributed by atoms with E-state index in [0.29, 0.717) is 18.6 Å². The first-order valence-corrected chi connectivity index (χ1v) is 6.83. The molecule has 0 bridgehead atoms. The molecule has 0 aromatic heterocycles. The number of alkyl halides is 3. The number of benzene rings is 1. The van der Waals surface area contributed by atoms with Crippen molar-refractivity contribution >= 4 is 11.8 Å². The first-order valence-electron chi connectivity index (χ1n) is 6.83. The summed E-state index contributed by atoms with van der Waals surface area (Å²) in [5.41, 5.74) is 1.45. The van der Waals surface area contributed by atoms with Crippen molar-refractivity contribution in [2.45, 2.75) is 18.7 Å². The van der Waals surface area contributed by atoms with Crippen LogP contribution in [-0.2, 0) is 16.0 Å². The molecular formula is C14H15F3N2O4. The minimum absolute atomic E-state index is 0.294. The predicted octanol–water partition coefficient (Wildman–Crippen LogP) is 0.450. The summed E-state index contributed by atoms with van der Waals surface area (Å²) >= 11 is 0. The number of aliphatic hydroxyl groups is 1. The Morgan fingerprint density at radius 3 is 2.65 bits per heavy atom. The van der Waals surface area contributed by atoms with Gasteiger partial charge in [-0.2, -0.15) is 13.2 Å². The molecule has 0 aliphatic carbocycles. The van der Waals surface area contributed by atoms with Gasteiger partial charge in [-0.1, -0.05) is 6.07 Å². The molecule has 1 aliphatic rings. The fourth-order valence-corrected chi connectivity index (χ4v) is 2.06. The molecular weight excluding hydrogens is 317 g/mol. The van der Waals surface area contributed by atoms with Gasteiger partial charge in [0.05, 0.1) is 12.7 Å². The maximum atomic E-state index is 11.9. The topological polar surface area (TPSA) is 87.7 Å². The van der Waals surface area contributed by atoms with E-state index in [-0.39, 0.29) is 6.54 Å². The summed E-state index contributed by atoms with van der Waals surface area (Å²) in [7, 11) is 0. The number of hydrogen-bond donors (Lipinski definition) is 3. The van der Waals surface area contributed by atoms with Crippen LogP contribution in [0.1, 0.15) is 17.2 Å². The molecule has 0 fully saturated rings. The van der Waals surface area contributed by atoms with Crippen molar-refractivity contribution < 1.29 is 32.6 Å². The van der Waals surface area contributed by atoms with Gasteiger partial charge in [0.1, 0.15) is 12.3 Å². The van der Waals surface area contributed by atoms with E-state index in [2.05, 4.69) is 5.32 Å². The van der Waals surface area contributed by atoms with E-state index in [9.17, 15) is 27.9 Å². The number of nitrogens with one attached hydrogen (secondary N) is 2. The molecule has 0 saturated carbocycles. The van der Waals surface area contributed by atoms with E-state index in [1.54, 1.807) is 18.2 Å². The van der Waals surface area contributed by atoms with E-state index in [4.69, 9.17) is 4.74 Å². The molecule has 1 aromatic carbocycles. The van der Waals surface area contributed by atoms with Crippen LogP contribution in [0.2, 0.25) is 0 Å². The lowest BCUT2D eigenvalue weighted by Crippen LogP contribution is -2.44. The Morgan fingerprint density at radius 1 is 1.26 bits per heavy atom. The highest BCUT2D eigenvalue weighted by Crippen LogP contribution is 2.27. The average Bonchev–Trinajstić information content (AvgIpc) is 2.96. The van der Waals surface area contributed by atoms with Crippen molar-refractivity contribution in [1.29, 1.82) is 0 Å². The first kappa shape index (κ1) is 17.1. The number of hydrogen-bond acceptors (Lipinski definition) is 4. The van der Waals surface area contributed by atoms with Crippen molar-refractivity contribution in [3.8, 4) is 5.75 Å². The predicted molar refractivity (Wildman–Crippen MR) is 72.7 cm³/mol. The number of amides is 2. The Morgan fingerprint density at radius 2 is 1.96 bits per heavy atom. The molecule has 6 nitrogen and oxygen atoms in total. The van der Waals surface area contributed by atoms with E-state index in [1.807, 2.05) is 0 Å². The molecule has 9 heteroatoms. The van der Waals surface area contributed by atoms with Crippen molar-refractivity contribution in [2.24, 2.45) is 0 Å². The normalized spacial score (nSPS) is 14.6. The standard InChI is InChI=1S/C14H15F3N2O4/c15-14(16,17)7-19-13(22)12(21)18-6-10(20)8-1-2-11-9(5-8)3-4-23-11/h1-2,5,10,20H,3-4,6-7H2,(H,18,21)(H,19,22). The number of carbonyl (C=O) groups is 2. The molecule has 0 spiro atoms. The van der Waals surface area contributed by atoms with E-state index < -0.39 is 30.6 Å². The maximum absolute atomic E-state index is 11.9. The van der Waals surface area contributed by atoms with Crippen molar-refractivity contribution in [1.82, 2.24) is 10.6 Å². The Bertz CT molecular complexity index is 604. The SMILES string of the molecule is O=C(NCC(O)c1ccc2c(c1)CCO2)C(=O)NCC(F)(F)F. The second-order valence-electron chi connectivity index (χ2n) is 4.99. The number of ether oxygens (including phenoxy) is 1. The first-order chi connectivity index (χ1) is 10.8. The Hall–Kier alpha value is -2.29. The van der Waals surface area contributed by atoms with Crippen LogP contribution in [0, 0.1) is 0 Å². The third-order valence-corrected chi connectivity index (χ3v) is 3.21. The van der Waals surface area contributed by atoms with Crippen LogP contribution >= 0.6 is 0 Å². The quantitative estimate of drug-likeness (QED) is 0.699. The molecule has 1 aliphatic heterocycles. The van der Waals surface area contributed by atoms with E-state index in [0.717, 1.165) is 11.3 Å². The zero-order valence-electron chi connectivity index (χ0n) is 11.9. The average molecular weight is 332 g/mol. The number of rotatable bonds is 4. The summed E-state index contributed by atoms with van der Waals surface area (Å²) in [5.74, 6) is -1.91. The Labute approximate surface area is 129 Å². The summed E-state index contributed by atoms with van der Waals surface area (Å²) in [5, 5.41) is 13.5. The maximum Gasteiger partial charge on any atom is 0.405 e. The summed E-state index contributed by atoms with van der Waals surface area (Å²) in [6.45, 7) is -1.32. The zero-order valence-corrected chi connectivity index (χ0v) is 11.9. The fourth-order valence-electron chi connectivity index (χ4n) is 2.06. The van der Waals surface area contributed by atoms with Gasteiger partial charge in [0, 0.05) is 13.0 Å². The van der Waals surface area contributed by atoms with Gasteiger partial charge in [0.2, 0.25) is 0 Å². The molecule has 0 radical (unpaired) electrons. The zero-order chi connectivity index (χ0) is 17.0. The second kappa shape index (κ2) is 6.86. The van der Waals surface area contributed by atoms with Gasteiger partial charge in [-0.3, -0.25) is 9.59 Å². The summed E-state index contributed by atoms with van der Waals surface area (Å²) in [4.78, 5) is 22.5. The summed E-state index contributed by atoms with van der Waals surface area (Å²) < 4.78 is 41.1. The lowest BCUT2D eigenvalue weighted by Gasteiger charge is -2.13. The Balaban J connectivity index is 1.83. The van der Waals surface area contributed by atoms with Gasteiger partial charge < -0.3 is 20.5 Å². The van der Waals surface area contributed by atoms with Crippen LogP contribution in [0.3, 0.4) is 0 Å². The summed E-state index contributed by atoms with van der Waals surface area (Å²) in [6, 6.07) is 5.03. The molecule has 23 heavy (non-hydrogen) atoms. The lowest BCUT2D eigenvalue weighted by atomic mass is 10.0. The molecule has 2 rings (SSSR count). The number of carbonyl (C=O) groups excluding carboxylic acids is 2. The fraction of sp³-hybridized carbons (Fsp3) is 0.429. The molecule has 1 heterocycles. The van der Waals surface area contributed by atoms with Crippen LogP contribution in [0.25, 0.3) is 0 Å². The molecule has 1 atom stereocenters. The molecule has 126 valence electrons. The van der Waals surface area contributed by atoms with Crippen molar-refractivity contribution in [2.75, 3.05) is 19.7 Å². The van der Waals surface area contributed by atoms with Gasteiger partial charge in [-0.15, -0.1) is 0 Å². The van der Waals surface area contributed by atoms with Crippen LogP contribution in [0.15, 0.2) is 18.2 Å². The molecule has 2 amide bonds. The number of halogens is 3. The van der Waals surface area contributed by atoms with Crippen LogP contribution in [0.4, 0.5) is 13.2 Å². The number of aliphatic hydroxyl groups excluding tert-OH is 1. The smallest absolute Gasteiger partial charge is 0.405 e. The van der Waals surface area contributed by atoms with Crippen LogP contribution < -0.4 is 15.4 Å². The van der Waals surface area contributed by atoms with Gasteiger partial charge in [0.15, 0.2) is 0 Å². The lowest BCUT2D eigenvalue weighted by molar-refractivity contribution is -0.146. The third-order valence-electron chi connectivity index (χ3n) is 3.21. The highest BCUT2D eigenvalue weighted by atomic mass is 19.4. The molecule has 1 unspecified atom stereocenters. The van der Waals surface area contributed by atoms with Gasteiger partial charge >= 0.3 is 18.0 Å². The highest BCUT2D eigenvalue weighted by molar-refractivity contribution is 6.35. The summed E-state index contributed by atoms with van der Waals surface area (Å²) in [6.07, 6.45) is -4.97. The van der Waals surface area contributed by atoms with Crippen LogP contribution in [-0.4, -0.2) is 42.8 Å². The van der Waals surface area contributed by atoms with Gasteiger partial charge in [-0.05, 0) is 23.3 Å². The third kappa shape index (κ3) is 4.85. The van der Waals surface area contributed by atoms with Gasteiger partial charge in [0.25, 0.3) is 0 Å². The van der Waals surface area contributed by atoms with Gasteiger partial charge in [-0.25, -0.2) is 0 Å². The number of fused-ring (bicyclic) bond motifs is 1. The van der Waals surface area contributed by atoms with Crippen LogP contribution in [0.5, 0.6) is 5.75 Å². The van der Waals surface area contributed by atoms with Crippen molar-refractivity contribution in [3.05, 3.63) is 29.3 Å². The second-order valence-corrected chi connectivity index (χ2v) is 4.99. The molecule has 1 aromatic rings. The monoisotopic (exact) mass is 332 g/mol. The Kier molecular flexibility index (Phi) is 5.09. The largest absolute Gasteiger partial charge is 0.493 e.